The Balaban J connectivity index is 2.23. The second kappa shape index (κ2) is 5.15. The molecule has 0 amide bonds. The number of aromatic nitrogens is 2. The Hall–Kier alpha value is -1.61. The Morgan fingerprint density at radius 3 is 2.53 bits per heavy atom. The van der Waals surface area contributed by atoms with E-state index in [2.05, 4.69) is 41.2 Å². The molecule has 0 radical (unpaired) electrons. The zero-order valence-electron chi connectivity index (χ0n) is 9.77. The van der Waals surface area contributed by atoms with Gasteiger partial charge in [-0.05, 0) is 12.5 Å². The minimum Gasteiger partial charge on any atom is -0.481 e. The van der Waals surface area contributed by atoms with Crippen molar-refractivity contribution in [3.8, 4) is 5.88 Å². The van der Waals surface area contributed by atoms with Crippen LogP contribution in [0.15, 0.2) is 30.3 Å². The summed E-state index contributed by atoms with van der Waals surface area (Å²) in [5, 5.41) is 0.402. The predicted molar refractivity (Wildman–Crippen MR) is 67.6 cm³/mol. The van der Waals surface area contributed by atoms with Crippen molar-refractivity contribution >= 4 is 11.6 Å². The molecule has 1 heterocycles. The summed E-state index contributed by atoms with van der Waals surface area (Å²) in [5.41, 5.74) is 2.39. The standard InChI is InChI=1S/C13H13ClN2O/c1-9-3-5-10(6-4-9)7-12-15-11(14)8-13(16-12)17-2/h3-6,8H,7H2,1-2H3. The number of aryl methyl sites for hydroxylation is 1. The highest BCUT2D eigenvalue weighted by molar-refractivity contribution is 6.29. The number of benzene rings is 1. The number of halogens is 1. The first-order valence-electron chi connectivity index (χ1n) is 5.30. The lowest BCUT2D eigenvalue weighted by atomic mass is 10.1. The first kappa shape index (κ1) is 11.9. The normalized spacial score (nSPS) is 10.3. The minimum atomic E-state index is 0.402. The maximum absolute atomic E-state index is 5.89. The van der Waals surface area contributed by atoms with Crippen molar-refractivity contribution in [3.63, 3.8) is 0 Å². The van der Waals surface area contributed by atoms with E-state index in [9.17, 15) is 0 Å². The monoisotopic (exact) mass is 248 g/mol. The van der Waals surface area contributed by atoms with Gasteiger partial charge in [-0.25, -0.2) is 4.98 Å². The Labute approximate surface area is 105 Å². The molecule has 0 bridgehead atoms. The van der Waals surface area contributed by atoms with Gasteiger partial charge in [-0.2, -0.15) is 4.98 Å². The van der Waals surface area contributed by atoms with Crippen molar-refractivity contribution in [1.29, 1.82) is 0 Å². The van der Waals surface area contributed by atoms with Crippen LogP contribution in [0.25, 0.3) is 0 Å². The van der Waals surface area contributed by atoms with Crippen molar-refractivity contribution in [1.82, 2.24) is 9.97 Å². The maximum atomic E-state index is 5.89. The fraction of sp³-hybridized carbons (Fsp3) is 0.231. The van der Waals surface area contributed by atoms with Crippen LogP contribution < -0.4 is 4.74 Å². The van der Waals surface area contributed by atoms with E-state index in [1.165, 1.54) is 5.56 Å². The summed E-state index contributed by atoms with van der Waals surface area (Å²) in [6.45, 7) is 2.06. The molecule has 17 heavy (non-hydrogen) atoms. The van der Waals surface area contributed by atoms with Crippen molar-refractivity contribution in [2.45, 2.75) is 13.3 Å². The molecule has 0 saturated carbocycles. The van der Waals surface area contributed by atoms with E-state index in [1.54, 1.807) is 13.2 Å². The Kier molecular flexibility index (Phi) is 3.59. The molecule has 0 atom stereocenters. The van der Waals surface area contributed by atoms with Crippen LogP contribution in [-0.2, 0) is 6.42 Å². The third kappa shape index (κ3) is 3.17. The smallest absolute Gasteiger partial charge is 0.217 e. The lowest BCUT2D eigenvalue weighted by molar-refractivity contribution is 0.395. The van der Waals surface area contributed by atoms with Gasteiger partial charge in [-0.3, -0.25) is 0 Å². The minimum absolute atomic E-state index is 0.402. The molecule has 0 aliphatic carbocycles. The van der Waals surface area contributed by atoms with Crippen LogP contribution in [0.1, 0.15) is 17.0 Å². The molecule has 0 aliphatic rings. The van der Waals surface area contributed by atoms with Crippen molar-refractivity contribution in [2.24, 2.45) is 0 Å². The molecule has 0 unspecified atom stereocenters. The van der Waals surface area contributed by atoms with E-state index in [0.29, 0.717) is 23.3 Å². The third-order valence-corrected chi connectivity index (χ3v) is 2.60. The summed E-state index contributed by atoms with van der Waals surface area (Å²) in [4.78, 5) is 8.43. The molecule has 1 aromatic carbocycles. The zero-order valence-corrected chi connectivity index (χ0v) is 10.5. The summed E-state index contributed by atoms with van der Waals surface area (Å²) < 4.78 is 5.06. The molecule has 2 aromatic rings. The van der Waals surface area contributed by atoms with E-state index >= 15 is 0 Å². The van der Waals surface area contributed by atoms with E-state index in [1.807, 2.05) is 0 Å². The molecule has 2 rings (SSSR count). The van der Waals surface area contributed by atoms with Gasteiger partial charge in [-0.1, -0.05) is 41.4 Å². The number of ether oxygens (including phenoxy) is 1. The van der Waals surface area contributed by atoms with Crippen LogP contribution >= 0.6 is 11.6 Å². The Bertz CT molecular complexity index is 511. The highest BCUT2D eigenvalue weighted by atomic mass is 35.5. The highest BCUT2D eigenvalue weighted by Gasteiger charge is 2.04. The molecule has 0 fully saturated rings. The molecule has 4 heteroatoms. The summed E-state index contributed by atoms with van der Waals surface area (Å²) in [6, 6.07) is 9.85. The maximum Gasteiger partial charge on any atom is 0.217 e. The van der Waals surface area contributed by atoms with Crippen molar-refractivity contribution < 1.29 is 4.74 Å². The van der Waals surface area contributed by atoms with Crippen LogP contribution in [0.5, 0.6) is 5.88 Å². The molecule has 0 aliphatic heterocycles. The second-order valence-electron chi connectivity index (χ2n) is 3.81. The van der Waals surface area contributed by atoms with Crippen LogP contribution in [0.3, 0.4) is 0 Å². The Morgan fingerprint density at radius 2 is 1.88 bits per heavy atom. The quantitative estimate of drug-likeness (QED) is 0.783. The molecule has 88 valence electrons. The average molecular weight is 249 g/mol. The number of rotatable bonds is 3. The summed E-state index contributed by atoms with van der Waals surface area (Å²) in [6.07, 6.45) is 0.650. The topological polar surface area (TPSA) is 35.0 Å². The number of methoxy groups -OCH3 is 1. The van der Waals surface area contributed by atoms with Gasteiger partial charge in [0.1, 0.15) is 11.0 Å². The zero-order chi connectivity index (χ0) is 12.3. The Morgan fingerprint density at radius 1 is 1.18 bits per heavy atom. The van der Waals surface area contributed by atoms with Crippen molar-refractivity contribution in [3.05, 3.63) is 52.4 Å². The van der Waals surface area contributed by atoms with Gasteiger partial charge < -0.3 is 4.74 Å². The number of hydrogen-bond donors (Lipinski definition) is 0. The first-order chi connectivity index (χ1) is 8.17. The van der Waals surface area contributed by atoms with E-state index in [0.717, 1.165) is 5.56 Å². The van der Waals surface area contributed by atoms with Crippen LogP contribution in [0, 0.1) is 6.92 Å². The van der Waals surface area contributed by atoms with Gasteiger partial charge in [-0.15, -0.1) is 0 Å². The lowest BCUT2D eigenvalue weighted by Crippen LogP contribution is -1.99. The molecule has 0 saturated heterocycles. The fourth-order valence-corrected chi connectivity index (χ4v) is 1.70. The molecule has 3 nitrogen and oxygen atoms in total. The van der Waals surface area contributed by atoms with Gasteiger partial charge in [0.05, 0.1) is 7.11 Å². The SMILES string of the molecule is COc1cc(Cl)nc(Cc2ccc(C)cc2)n1. The van der Waals surface area contributed by atoms with Gasteiger partial charge in [0.2, 0.25) is 5.88 Å². The fourth-order valence-electron chi connectivity index (χ4n) is 1.51. The summed E-state index contributed by atoms with van der Waals surface area (Å²) >= 11 is 5.89. The van der Waals surface area contributed by atoms with E-state index in [-0.39, 0.29) is 0 Å². The van der Waals surface area contributed by atoms with Gasteiger partial charge in [0.15, 0.2) is 0 Å². The molecule has 0 spiro atoms. The highest BCUT2D eigenvalue weighted by Crippen LogP contribution is 2.15. The number of nitrogens with zero attached hydrogens (tertiary/aromatic N) is 2. The number of hydrogen-bond acceptors (Lipinski definition) is 3. The molecular weight excluding hydrogens is 236 g/mol. The summed E-state index contributed by atoms with van der Waals surface area (Å²) in [7, 11) is 1.56. The van der Waals surface area contributed by atoms with Crippen LogP contribution in [-0.4, -0.2) is 17.1 Å². The third-order valence-electron chi connectivity index (χ3n) is 2.41. The summed E-state index contributed by atoms with van der Waals surface area (Å²) in [5.74, 6) is 1.16. The average Bonchev–Trinajstić information content (AvgIpc) is 2.31. The van der Waals surface area contributed by atoms with E-state index in [4.69, 9.17) is 16.3 Å². The van der Waals surface area contributed by atoms with Crippen molar-refractivity contribution in [2.75, 3.05) is 7.11 Å². The van der Waals surface area contributed by atoms with Gasteiger partial charge in [0.25, 0.3) is 0 Å². The van der Waals surface area contributed by atoms with Gasteiger partial charge >= 0.3 is 0 Å². The van der Waals surface area contributed by atoms with Crippen LogP contribution in [0.2, 0.25) is 5.15 Å². The predicted octanol–water partition coefficient (Wildman–Crippen LogP) is 3.04. The molecule has 0 N–H and O–H groups in total. The molecular formula is C13H13ClN2O. The second-order valence-corrected chi connectivity index (χ2v) is 4.20. The largest absolute Gasteiger partial charge is 0.481 e. The van der Waals surface area contributed by atoms with Crippen LogP contribution in [0.4, 0.5) is 0 Å². The van der Waals surface area contributed by atoms with Gasteiger partial charge in [0, 0.05) is 12.5 Å². The molecule has 1 aromatic heterocycles. The lowest BCUT2D eigenvalue weighted by Gasteiger charge is -2.04. The first-order valence-corrected chi connectivity index (χ1v) is 5.68. The van der Waals surface area contributed by atoms with E-state index < -0.39 is 0 Å².